The van der Waals surface area contributed by atoms with Gasteiger partial charge in [0, 0.05) is 11.1 Å². The van der Waals surface area contributed by atoms with Crippen molar-refractivity contribution >= 4 is 17.6 Å². The second-order valence-electron chi connectivity index (χ2n) is 6.77. The molecule has 1 aromatic rings. The van der Waals surface area contributed by atoms with Gasteiger partial charge in [-0.3, -0.25) is 9.59 Å². The van der Waals surface area contributed by atoms with Crippen molar-refractivity contribution in [1.82, 2.24) is 0 Å². The highest BCUT2D eigenvalue weighted by Gasteiger charge is 2.35. The fourth-order valence-electron chi connectivity index (χ4n) is 2.87. The Labute approximate surface area is 125 Å². The molecular formula is C17H23NO3. The Morgan fingerprint density at radius 3 is 2.48 bits per heavy atom. The molecule has 1 saturated carbocycles. The summed E-state index contributed by atoms with van der Waals surface area (Å²) in [6.45, 7) is 5.59. The molecule has 0 radical (unpaired) electrons. The van der Waals surface area contributed by atoms with E-state index >= 15 is 0 Å². The maximum absolute atomic E-state index is 12.2. The summed E-state index contributed by atoms with van der Waals surface area (Å²) in [5, 5.41) is 12.3. The van der Waals surface area contributed by atoms with E-state index in [0.29, 0.717) is 6.42 Å². The highest BCUT2D eigenvalue weighted by Crippen LogP contribution is 2.42. The molecule has 2 atom stereocenters. The topological polar surface area (TPSA) is 66.4 Å². The molecule has 21 heavy (non-hydrogen) atoms. The number of amides is 1. The average molecular weight is 289 g/mol. The van der Waals surface area contributed by atoms with E-state index in [-0.39, 0.29) is 17.7 Å². The van der Waals surface area contributed by atoms with Gasteiger partial charge in [0.1, 0.15) is 0 Å². The van der Waals surface area contributed by atoms with Gasteiger partial charge in [-0.1, -0.05) is 45.4 Å². The van der Waals surface area contributed by atoms with Crippen LogP contribution in [0.25, 0.3) is 0 Å². The zero-order valence-electron chi connectivity index (χ0n) is 12.8. The van der Waals surface area contributed by atoms with Gasteiger partial charge in [-0.25, -0.2) is 0 Å². The minimum absolute atomic E-state index is 0.0148. The van der Waals surface area contributed by atoms with Gasteiger partial charge in [-0.05, 0) is 30.4 Å². The highest BCUT2D eigenvalue weighted by atomic mass is 16.4. The van der Waals surface area contributed by atoms with E-state index in [9.17, 15) is 14.7 Å². The molecule has 114 valence electrons. The molecule has 1 aliphatic carbocycles. The lowest BCUT2D eigenvalue weighted by Crippen LogP contribution is -2.28. The molecule has 4 nitrogen and oxygen atoms in total. The molecule has 0 aromatic heterocycles. The number of nitrogens with one attached hydrogen (secondary N) is 1. The van der Waals surface area contributed by atoms with Crippen LogP contribution in [-0.2, 0) is 9.59 Å². The third-order valence-electron chi connectivity index (χ3n) is 4.12. The second kappa shape index (κ2) is 5.88. The minimum Gasteiger partial charge on any atom is -0.481 e. The summed E-state index contributed by atoms with van der Waals surface area (Å²) in [4.78, 5) is 23.6. The molecule has 0 bridgehead atoms. The first kappa shape index (κ1) is 15.5. The molecule has 1 aliphatic rings. The van der Waals surface area contributed by atoms with Crippen LogP contribution in [0.2, 0.25) is 0 Å². The molecule has 0 spiro atoms. The fraction of sp³-hybridized carbons (Fsp3) is 0.529. The third-order valence-corrected chi connectivity index (χ3v) is 4.12. The number of benzene rings is 1. The average Bonchev–Trinajstić information content (AvgIpc) is 2.87. The molecule has 1 fully saturated rings. The molecule has 1 aromatic carbocycles. The molecular weight excluding hydrogens is 266 g/mol. The summed E-state index contributed by atoms with van der Waals surface area (Å²) < 4.78 is 0. The third kappa shape index (κ3) is 3.43. The van der Waals surface area contributed by atoms with Crippen molar-refractivity contribution in [3.05, 3.63) is 29.8 Å². The number of carboxylic acid groups (broad SMARTS) is 1. The standard InChI is InChI=1S/C17H23NO3/c1-17(2,3)16(21)18-14-10-5-4-7-12(14)11-8-6-9-13(11)15(19)20/h4-5,7,10-11,13H,6,8-9H2,1-3H3,(H,18,21)(H,19,20)/t11-,13?/m0/s1. The smallest absolute Gasteiger partial charge is 0.307 e. The van der Waals surface area contributed by atoms with E-state index in [2.05, 4.69) is 5.32 Å². The lowest BCUT2D eigenvalue weighted by Gasteiger charge is -2.23. The lowest BCUT2D eigenvalue weighted by atomic mass is 9.87. The molecule has 0 aliphatic heterocycles. The number of carbonyl (C=O) groups is 2. The number of carbonyl (C=O) groups excluding carboxylic acids is 1. The first-order chi connectivity index (χ1) is 9.80. The predicted octanol–water partition coefficient (Wildman–Crippen LogP) is 3.64. The van der Waals surface area contributed by atoms with Crippen LogP contribution < -0.4 is 5.32 Å². The van der Waals surface area contributed by atoms with Crippen molar-refractivity contribution in [2.75, 3.05) is 5.32 Å². The number of para-hydroxylation sites is 1. The lowest BCUT2D eigenvalue weighted by molar-refractivity contribution is -0.142. The van der Waals surface area contributed by atoms with E-state index < -0.39 is 11.4 Å². The highest BCUT2D eigenvalue weighted by molar-refractivity contribution is 5.95. The molecule has 4 heteroatoms. The van der Waals surface area contributed by atoms with Crippen LogP contribution in [-0.4, -0.2) is 17.0 Å². The van der Waals surface area contributed by atoms with Crippen LogP contribution in [0.15, 0.2) is 24.3 Å². The Morgan fingerprint density at radius 1 is 1.19 bits per heavy atom. The van der Waals surface area contributed by atoms with Gasteiger partial charge in [-0.2, -0.15) is 0 Å². The predicted molar refractivity (Wildman–Crippen MR) is 82.2 cm³/mol. The van der Waals surface area contributed by atoms with Crippen molar-refractivity contribution in [3.8, 4) is 0 Å². The Hall–Kier alpha value is -1.84. The molecule has 1 unspecified atom stereocenters. The molecule has 1 amide bonds. The van der Waals surface area contributed by atoms with E-state index in [0.717, 1.165) is 24.1 Å². The quantitative estimate of drug-likeness (QED) is 0.892. The van der Waals surface area contributed by atoms with Gasteiger partial charge in [0.05, 0.1) is 5.92 Å². The second-order valence-corrected chi connectivity index (χ2v) is 6.77. The normalized spacial score (nSPS) is 22.0. The van der Waals surface area contributed by atoms with Gasteiger partial charge in [-0.15, -0.1) is 0 Å². The number of aliphatic carboxylic acids is 1. The SMILES string of the molecule is CC(C)(C)C(=O)Nc1ccccc1[C@@H]1CCCC1C(=O)O. The summed E-state index contributed by atoms with van der Waals surface area (Å²) >= 11 is 0. The van der Waals surface area contributed by atoms with Crippen LogP contribution in [0.4, 0.5) is 5.69 Å². The summed E-state index contributed by atoms with van der Waals surface area (Å²) in [6.07, 6.45) is 2.49. The van der Waals surface area contributed by atoms with Crippen LogP contribution in [0, 0.1) is 11.3 Å². The van der Waals surface area contributed by atoms with Gasteiger partial charge in [0.2, 0.25) is 5.91 Å². The maximum atomic E-state index is 12.2. The van der Waals surface area contributed by atoms with Crippen molar-refractivity contribution in [2.24, 2.45) is 11.3 Å². The van der Waals surface area contributed by atoms with Crippen LogP contribution >= 0.6 is 0 Å². The maximum Gasteiger partial charge on any atom is 0.307 e. The summed E-state index contributed by atoms with van der Waals surface area (Å²) in [5.41, 5.74) is 1.21. The van der Waals surface area contributed by atoms with E-state index in [1.807, 2.05) is 45.0 Å². The number of hydrogen-bond donors (Lipinski definition) is 2. The van der Waals surface area contributed by atoms with Crippen molar-refractivity contribution in [2.45, 2.75) is 46.0 Å². The summed E-state index contributed by atoms with van der Waals surface area (Å²) in [7, 11) is 0. The van der Waals surface area contributed by atoms with Crippen LogP contribution in [0.1, 0.15) is 51.5 Å². The summed E-state index contributed by atoms with van der Waals surface area (Å²) in [5.74, 6) is -1.16. The number of carboxylic acids is 1. The molecule has 0 heterocycles. The number of anilines is 1. The van der Waals surface area contributed by atoms with Crippen molar-refractivity contribution in [1.29, 1.82) is 0 Å². The Kier molecular flexibility index (Phi) is 4.35. The fourth-order valence-corrected chi connectivity index (χ4v) is 2.87. The molecule has 0 saturated heterocycles. The Bertz CT molecular complexity index is 545. The summed E-state index contributed by atoms with van der Waals surface area (Å²) in [6, 6.07) is 7.56. The van der Waals surface area contributed by atoms with E-state index in [1.165, 1.54) is 0 Å². The first-order valence-corrected chi connectivity index (χ1v) is 7.44. The first-order valence-electron chi connectivity index (χ1n) is 7.44. The molecule has 2 N–H and O–H groups in total. The van der Waals surface area contributed by atoms with Crippen molar-refractivity contribution < 1.29 is 14.7 Å². The van der Waals surface area contributed by atoms with Crippen LogP contribution in [0.3, 0.4) is 0 Å². The van der Waals surface area contributed by atoms with Gasteiger partial charge < -0.3 is 10.4 Å². The Morgan fingerprint density at radius 2 is 1.86 bits per heavy atom. The largest absolute Gasteiger partial charge is 0.481 e. The van der Waals surface area contributed by atoms with Crippen LogP contribution in [0.5, 0.6) is 0 Å². The van der Waals surface area contributed by atoms with E-state index in [1.54, 1.807) is 0 Å². The van der Waals surface area contributed by atoms with Crippen molar-refractivity contribution in [3.63, 3.8) is 0 Å². The van der Waals surface area contributed by atoms with Gasteiger partial charge in [0.15, 0.2) is 0 Å². The van der Waals surface area contributed by atoms with Gasteiger partial charge >= 0.3 is 5.97 Å². The van der Waals surface area contributed by atoms with Gasteiger partial charge in [0.25, 0.3) is 0 Å². The zero-order valence-corrected chi connectivity index (χ0v) is 12.8. The Balaban J connectivity index is 2.29. The minimum atomic E-state index is -0.741. The number of hydrogen-bond acceptors (Lipinski definition) is 2. The zero-order chi connectivity index (χ0) is 15.6. The van der Waals surface area contributed by atoms with E-state index in [4.69, 9.17) is 0 Å². The number of rotatable bonds is 3. The monoisotopic (exact) mass is 289 g/mol. The molecule has 2 rings (SSSR count).